The van der Waals surface area contributed by atoms with Crippen LogP contribution in [-0.2, 0) is 11.3 Å². The second-order valence-corrected chi connectivity index (χ2v) is 6.41. The Kier molecular flexibility index (Phi) is 4.94. The molecule has 1 unspecified atom stereocenters. The molecular formula is C18H19ClFN2O+. The molecule has 3 rings (SSSR count). The molecule has 1 atom stereocenters. The largest absolute Gasteiger partial charge is 0.321 e. The van der Waals surface area contributed by atoms with Crippen molar-refractivity contribution in [3.8, 4) is 0 Å². The molecule has 1 amide bonds. The molecule has 0 aromatic heterocycles. The van der Waals surface area contributed by atoms with E-state index in [9.17, 15) is 9.18 Å². The molecule has 3 nitrogen and oxygen atoms in total. The molecule has 0 aliphatic heterocycles. The number of carbonyl (C=O) groups is 1. The summed E-state index contributed by atoms with van der Waals surface area (Å²) in [5, 5.41) is 3.48. The molecule has 1 fully saturated rings. The second kappa shape index (κ2) is 7.11. The van der Waals surface area contributed by atoms with Gasteiger partial charge in [0.25, 0.3) is 5.91 Å². The summed E-state index contributed by atoms with van der Waals surface area (Å²) in [6, 6.07) is 14.1. The third-order valence-corrected chi connectivity index (χ3v) is 4.23. The summed E-state index contributed by atoms with van der Waals surface area (Å²) in [5.41, 5.74) is 1.75. The minimum atomic E-state index is -0.236. The third-order valence-electron chi connectivity index (χ3n) is 4.00. The van der Waals surface area contributed by atoms with E-state index in [1.165, 1.54) is 17.0 Å². The number of halogens is 2. The first-order chi connectivity index (χ1) is 11.1. The summed E-state index contributed by atoms with van der Waals surface area (Å²) in [6.07, 6.45) is 2.28. The maximum atomic E-state index is 13.0. The summed E-state index contributed by atoms with van der Waals surface area (Å²) in [4.78, 5) is 13.5. The van der Waals surface area contributed by atoms with Gasteiger partial charge in [-0.2, -0.15) is 0 Å². The van der Waals surface area contributed by atoms with Gasteiger partial charge < -0.3 is 10.2 Å². The van der Waals surface area contributed by atoms with Crippen LogP contribution in [0.25, 0.3) is 0 Å². The van der Waals surface area contributed by atoms with Gasteiger partial charge in [-0.1, -0.05) is 29.8 Å². The summed E-state index contributed by atoms with van der Waals surface area (Å²) in [6.45, 7) is 1.13. The molecule has 2 aromatic carbocycles. The van der Waals surface area contributed by atoms with Crippen molar-refractivity contribution < 1.29 is 14.1 Å². The van der Waals surface area contributed by atoms with E-state index in [0.717, 1.165) is 24.9 Å². The van der Waals surface area contributed by atoms with Crippen molar-refractivity contribution in [1.29, 1.82) is 0 Å². The average molecular weight is 334 g/mol. The highest BCUT2D eigenvalue weighted by Gasteiger charge is 2.34. The number of quaternary nitrogens is 1. The van der Waals surface area contributed by atoms with E-state index in [-0.39, 0.29) is 11.7 Å². The Balaban J connectivity index is 1.60. The minimum Gasteiger partial charge on any atom is -0.321 e. The Morgan fingerprint density at radius 3 is 2.61 bits per heavy atom. The first kappa shape index (κ1) is 16.0. The number of amides is 1. The highest BCUT2D eigenvalue weighted by atomic mass is 35.5. The van der Waals surface area contributed by atoms with Crippen LogP contribution in [0.4, 0.5) is 10.1 Å². The van der Waals surface area contributed by atoms with E-state index in [4.69, 9.17) is 11.6 Å². The highest BCUT2D eigenvalue weighted by molar-refractivity contribution is 6.30. The van der Waals surface area contributed by atoms with Gasteiger partial charge >= 0.3 is 0 Å². The first-order valence-corrected chi connectivity index (χ1v) is 8.12. The minimum absolute atomic E-state index is 0.0312. The molecular weight excluding hydrogens is 315 g/mol. The van der Waals surface area contributed by atoms with Crippen molar-refractivity contribution in [2.75, 3.05) is 11.9 Å². The maximum Gasteiger partial charge on any atom is 0.279 e. The smallest absolute Gasteiger partial charge is 0.279 e. The van der Waals surface area contributed by atoms with Gasteiger partial charge in [-0.25, -0.2) is 4.39 Å². The number of carbonyl (C=O) groups excluding carboxylic acids is 1. The molecule has 1 aliphatic carbocycles. The zero-order valence-electron chi connectivity index (χ0n) is 12.7. The van der Waals surface area contributed by atoms with Gasteiger partial charge in [0.1, 0.15) is 12.4 Å². The standard InChI is InChI=1S/C18H18ClFN2O/c19-14-2-1-3-16(10-14)21-18(23)12-22(17-8-9-17)11-13-4-6-15(20)7-5-13/h1-7,10,17H,8-9,11-12H2,(H,21,23)/p+1. The molecule has 23 heavy (non-hydrogen) atoms. The van der Waals surface area contributed by atoms with E-state index >= 15 is 0 Å². The third kappa shape index (κ3) is 4.78. The molecule has 2 N–H and O–H groups in total. The Hall–Kier alpha value is -1.91. The van der Waals surface area contributed by atoms with Gasteiger partial charge in [0.2, 0.25) is 0 Å². The van der Waals surface area contributed by atoms with Gasteiger partial charge in [-0.15, -0.1) is 0 Å². The van der Waals surface area contributed by atoms with E-state index in [1.807, 2.05) is 12.1 Å². The van der Waals surface area contributed by atoms with Crippen LogP contribution >= 0.6 is 11.6 Å². The number of rotatable bonds is 6. The zero-order chi connectivity index (χ0) is 16.2. The Morgan fingerprint density at radius 1 is 1.22 bits per heavy atom. The lowest BCUT2D eigenvalue weighted by atomic mass is 10.2. The summed E-state index contributed by atoms with van der Waals surface area (Å²) < 4.78 is 13.0. The molecule has 1 aliphatic rings. The number of anilines is 1. The molecule has 120 valence electrons. The lowest BCUT2D eigenvalue weighted by Gasteiger charge is -2.19. The average Bonchev–Trinajstić information content (AvgIpc) is 3.33. The summed E-state index contributed by atoms with van der Waals surface area (Å²) in [7, 11) is 0. The van der Waals surface area contributed by atoms with Crippen LogP contribution in [0.1, 0.15) is 18.4 Å². The number of benzene rings is 2. The molecule has 0 radical (unpaired) electrons. The van der Waals surface area contributed by atoms with Crippen molar-refractivity contribution >= 4 is 23.2 Å². The molecule has 0 saturated heterocycles. The van der Waals surface area contributed by atoms with Crippen LogP contribution in [0.5, 0.6) is 0 Å². The number of hydrogen-bond donors (Lipinski definition) is 2. The van der Waals surface area contributed by atoms with Crippen LogP contribution in [0.15, 0.2) is 48.5 Å². The van der Waals surface area contributed by atoms with Gasteiger partial charge in [0.05, 0.1) is 6.04 Å². The molecule has 2 aromatic rings. The predicted molar refractivity (Wildman–Crippen MR) is 89.0 cm³/mol. The molecule has 1 saturated carbocycles. The fourth-order valence-corrected chi connectivity index (χ4v) is 2.88. The van der Waals surface area contributed by atoms with Gasteiger partial charge in [-0.3, -0.25) is 4.79 Å². The second-order valence-electron chi connectivity index (χ2n) is 5.97. The maximum absolute atomic E-state index is 13.0. The van der Waals surface area contributed by atoms with Crippen molar-refractivity contribution in [2.45, 2.75) is 25.4 Å². The lowest BCUT2D eigenvalue weighted by Crippen LogP contribution is -3.13. The van der Waals surface area contributed by atoms with Crippen LogP contribution in [-0.4, -0.2) is 18.5 Å². The van der Waals surface area contributed by atoms with Gasteiger partial charge in [-0.05, 0) is 30.3 Å². The Morgan fingerprint density at radius 2 is 1.96 bits per heavy atom. The Bertz CT molecular complexity index is 686. The SMILES string of the molecule is O=C(C[NH+](Cc1ccc(F)cc1)C1CC1)Nc1cccc(Cl)c1. The fourth-order valence-electron chi connectivity index (χ4n) is 2.68. The van der Waals surface area contributed by atoms with E-state index < -0.39 is 0 Å². The van der Waals surface area contributed by atoms with E-state index in [1.54, 1.807) is 24.3 Å². The number of hydrogen-bond acceptors (Lipinski definition) is 1. The van der Waals surface area contributed by atoms with Crippen LogP contribution in [0.2, 0.25) is 5.02 Å². The van der Waals surface area contributed by atoms with Gasteiger partial charge in [0, 0.05) is 29.1 Å². The normalized spacial score (nSPS) is 15.2. The quantitative estimate of drug-likeness (QED) is 0.837. The zero-order valence-corrected chi connectivity index (χ0v) is 13.4. The summed E-state index contributed by atoms with van der Waals surface area (Å²) in [5.74, 6) is -0.267. The van der Waals surface area contributed by atoms with Crippen molar-refractivity contribution in [3.63, 3.8) is 0 Å². The fraction of sp³-hybridized carbons (Fsp3) is 0.278. The predicted octanol–water partition coefficient (Wildman–Crippen LogP) is 2.67. The van der Waals surface area contributed by atoms with Crippen molar-refractivity contribution in [3.05, 3.63) is 64.9 Å². The van der Waals surface area contributed by atoms with E-state index in [2.05, 4.69) is 5.32 Å². The van der Waals surface area contributed by atoms with Crippen LogP contribution in [0, 0.1) is 5.82 Å². The van der Waals surface area contributed by atoms with Crippen molar-refractivity contribution in [2.24, 2.45) is 0 Å². The monoisotopic (exact) mass is 333 g/mol. The Labute approximate surface area is 140 Å². The summed E-state index contributed by atoms with van der Waals surface area (Å²) >= 11 is 5.93. The first-order valence-electron chi connectivity index (χ1n) is 7.74. The topological polar surface area (TPSA) is 33.5 Å². The highest BCUT2D eigenvalue weighted by Crippen LogP contribution is 2.17. The van der Waals surface area contributed by atoms with Crippen LogP contribution < -0.4 is 10.2 Å². The lowest BCUT2D eigenvalue weighted by molar-refractivity contribution is -0.916. The van der Waals surface area contributed by atoms with Crippen LogP contribution in [0.3, 0.4) is 0 Å². The molecule has 0 bridgehead atoms. The van der Waals surface area contributed by atoms with E-state index in [0.29, 0.717) is 23.3 Å². The molecule has 5 heteroatoms. The molecule has 0 spiro atoms. The van der Waals surface area contributed by atoms with Crippen molar-refractivity contribution in [1.82, 2.24) is 0 Å². The molecule has 0 heterocycles. The number of nitrogens with one attached hydrogen (secondary N) is 2. The van der Waals surface area contributed by atoms with Gasteiger partial charge in [0.15, 0.2) is 6.54 Å².